The Kier molecular flexibility index (Phi) is 4.52. The maximum Gasteiger partial charge on any atom is 0.253 e. The average molecular weight is 447 g/mol. The molecule has 0 atom stereocenters. The summed E-state index contributed by atoms with van der Waals surface area (Å²) in [6, 6.07) is 10.00. The van der Waals surface area contributed by atoms with Crippen molar-refractivity contribution in [2.75, 3.05) is 13.2 Å². The van der Waals surface area contributed by atoms with Crippen molar-refractivity contribution in [1.82, 2.24) is 10.3 Å². The van der Waals surface area contributed by atoms with E-state index in [0.717, 1.165) is 44.0 Å². The molecule has 25 heavy (non-hydrogen) atoms. The number of nitrogens with zero attached hydrogens (tertiary/aromatic N) is 1. The molecule has 0 radical (unpaired) electrons. The number of aliphatic imine (C=N–C) groups is 1. The monoisotopic (exact) mass is 447 g/mol. The number of benzene rings is 1. The summed E-state index contributed by atoms with van der Waals surface area (Å²) >= 11 is -0.277. The average Bonchev–Trinajstić information content (AvgIpc) is 3.08. The Labute approximate surface area is 155 Å². The lowest BCUT2D eigenvalue weighted by molar-refractivity contribution is 0.0946. The highest BCUT2D eigenvalue weighted by molar-refractivity contribution is 14.2. The van der Waals surface area contributed by atoms with Gasteiger partial charge in [0, 0.05) is 24.2 Å². The molecule has 2 aliphatic heterocycles. The highest BCUT2D eigenvalue weighted by Gasteiger charge is 2.21. The van der Waals surface area contributed by atoms with Gasteiger partial charge < -0.3 is 15.0 Å². The van der Waals surface area contributed by atoms with Crippen LogP contribution in [0.5, 0.6) is 5.75 Å². The van der Waals surface area contributed by atoms with Crippen LogP contribution in [0.1, 0.15) is 34.2 Å². The normalized spacial score (nSPS) is 16.3. The van der Waals surface area contributed by atoms with Crippen LogP contribution in [0.25, 0.3) is 0 Å². The molecule has 1 aromatic heterocycles. The van der Waals surface area contributed by atoms with Gasteiger partial charge in [-0.2, -0.15) is 0 Å². The number of nitrogens with one attached hydrogen (secondary N) is 2. The second kappa shape index (κ2) is 6.95. The third kappa shape index (κ3) is 3.30. The number of halogens is 1. The van der Waals surface area contributed by atoms with Crippen LogP contribution in [0.2, 0.25) is 0 Å². The van der Waals surface area contributed by atoms with Gasteiger partial charge in [-0.15, -0.1) is 0 Å². The Hall–Kier alpha value is -2.22. The molecular formula is C19H18IN3O2. The minimum Gasteiger partial charge on any atom is -0.494 e. The molecule has 3 heterocycles. The van der Waals surface area contributed by atoms with Crippen molar-refractivity contribution in [1.29, 1.82) is 0 Å². The number of fused-ring (bicyclic) bond motifs is 1. The summed E-state index contributed by atoms with van der Waals surface area (Å²) in [4.78, 5) is 20.2. The summed E-state index contributed by atoms with van der Waals surface area (Å²) in [7, 11) is 0. The van der Waals surface area contributed by atoms with Crippen molar-refractivity contribution >= 4 is 36.0 Å². The van der Waals surface area contributed by atoms with Gasteiger partial charge in [-0.05, 0) is 35.3 Å². The summed E-state index contributed by atoms with van der Waals surface area (Å²) in [5.41, 5.74) is 4.62. The predicted molar refractivity (Wildman–Crippen MR) is 108 cm³/mol. The van der Waals surface area contributed by atoms with Crippen LogP contribution in [0.3, 0.4) is 0 Å². The molecule has 128 valence electrons. The van der Waals surface area contributed by atoms with Crippen LogP contribution < -0.4 is 10.1 Å². The number of ether oxygens (including phenoxy) is 1. The SMILES string of the molecule is CCOc1cccc(C2=IC=CC(c3cc4c([nH]3)CCNC4=O)=N2)c1. The van der Waals surface area contributed by atoms with Crippen LogP contribution in [-0.2, 0) is 6.42 Å². The van der Waals surface area contributed by atoms with E-state index in [-0.39, 0.29) is 26.6 Å². The zero-order valence-electron chi connectivity index (χ0n) is 13.8. The second-order valence-corrected chi connectivity index (χ2v) is 8.10. The number of H-pyrrole nitrogens is 1. The highest BCUT2D eigenvalue weighted by atomic mass is 127. The van der Waals surface area contributed by atoms with Gasteiger partial charge in [0.05, 0.1) is 23.6 Å². The summed E-state index contributed by atoms with van der Waals surface area (Å²) < 4.78 is 8.92. The van der Waals surface area contributed by atoms with Crippen LogP contribution in [0.4, 0.5) is 0 Å². The number of carbonyl (C=O) groups excluding carboxylic acids is 1. The molecule has 0 saturated heterocycles. The fourth-order valence-electron chi connectivity index (χ4n) is 2.91. The number of carbonyl (C=O) groups is 1. The fourth-order valence-corrected chi connectivity index (χ4v) is 4.86. The first-order chi connectivity index (χ1) is 12.2. The van der Waals surface area contributed by atoms with E-state index in [0.29, 0.717) is 13.2 Å². The largest absolute Gasteiger partial charge is 0.494 e. The number of hydrogen-bond donors (Lipinski definition) is 2. The molecular weight excluding hydrogens is 429 g/mol. The van der Waals surface area contributed by atoms with Gasteiger partial charge in [0.1, 0.15) is 9.38 Å². The molecule has 0 saturated carbocycles. The van der Waals surface area contributed by atoms with Gasteiger partial charge in [0.15, 0.2) is 0 Å². The van der Waals surface area contributed by atoms with Crippen molar-refractivity contribution < 1.29 is 9.53 Å². The van der Waals surface area contributed by atoms with E-state index in [1.165, 1.54) is 0 Å². The van der Waals surface area contributed by atoms with E-state index in [9.17, 15) is 4.79 Å². The molecule has 0 aliphatic carbocycles. The third-order valence-corrected chi connectivity index (χ3v) is 6.24. The van der Waals surface area contributed by atoms with Crippen LogP contribution in [-0.4, -0.2) is 33.4 Å². The first-order valence-corrected chi connectivity index (χ1v) is 10.6. The van der Waals surface area contributed by atoms with Crippen LogP contribution >= 0.6 is 20.7 Å². The molecule has 2 N–H and O–H groups in total. The van der Waals surface area contributed by atoms with Gasteiger partial charge in [0.2, 0.25) is 0 Å². The zero-order chi connectivity index (χ0) is 17.2. The van der Waals surface area contributed by atoms with E-state index in [1.807, 2.05) is 31.2 Å². The van der Waals surface area contributed by atoms with E-state index >= 15 is 0 Å². The molecule has 2 aliphatic rings. The molecule has 0 fully saturated rings. The summed E-state index contributed by atoms with van der Waals surface area (Å²) in [5.74, 6) is 0.861. The lowest BCUT2D eigenvalue weighted by atomic mass is 10.1. The lowest BCUT2D eigenvalue weighted by Crippen LogP contribution is -2.31. The molecule has 0 spiro atoms. The van der Waals surface area contributed by atoms with Gasteiger partial charge in [-0.25, -0.2) is 4.99 Å². The minimum absolute atomic E-state index is 0.00909. The van der Waals surface area contributed by atoms with Gasteiger partial charge >= 0.3 is 0 Å². The van der Waals surface area contributed by atoms with Crippen LogP contribution in [0.15, 0.2) is 45.5 Å². The second-order valence-electron chi connectivity index (χ2n) is 5.73. The number of aromatic nitrogens is 1. The Morgan fingerprint density at radius 3 is 3.08 bits per heavy atom. The van der Waals surface area contributed by atoms with Crippen LogP contribution in [0, 0.1) is 0 Å². The fraction of sp³-hybridized carbons (Fsp3) is 0.211. The molecule has 0 bridgehead atoms. The Bertz CT molecular complexity index is 925. The molecule has 6 heteroatoms. The van der Waals surface area contributed by atoms with Crippen molar-refractivity contribution in [2.45, 2.75) is 13.3 Å². The Balaban J connectivity index is 1.67. The van der Waals surface area contributed by atoms with Gasteiger partial charge in [-0.3, -0.25) is 4.79 Å². The highest BCUT2D eigenvalue weighted by Crippen LogP contribution is 2.23. The first-order valence-electron chi connectivity index (χ1n) is 8.24. The van der Waals surface area contributed by atoms with E-state index in [4.69, 9.17) is 9.73 Å². The molecule has 1 aromatic carbocycles. The van der Waals surface area contributed by atoms with Gasteiger partial charge in [0.25, 0.3) is 5.91 Å². The van der Waals surface area contributed by atoms with Crippen molar-refractivity contribution in [2.24, 2.45) is 4.99 Å². The zero-order valence-corrected chi connectivity index (χ0v) is 16.0. The summed E-state index contributed by atoms with van der Waals surface area (Å²) in [6.45, 7) is 3.31. The summed E-state index contributed by atoms with van der Waals surface area (Å²) in [6.07, 6.45) is 2.89. The van der Waals surface area contributed by atoms with E-state index in [2.05, 4.69) is 26.5 Å². The molecule has 4 rings (SSSR count). The number of aromatic amines is 1. The maximum atomic E-state index is 12.0. The maximum absolute atomic E-state index is 12.0. The Morgan fingerprint density at radius 2 is 2.24 bits per heavy atom. The van der Waals surface area contributed by atoms with Crippen molar-refractivity contribution in [3.05, 3.63) is 63.0 Å². The smallest absolute Gasteiger partial charge is 0.253 e. The number of allylic oxidation sites excluding steroid dienone is 1. The Morgan fingerprint density at radius 1 is 1.32 bits per heavy atom. The lowest BCUT2D eigenvalue weighted by Gasteiger charge is -2.11. The number of rotatable bonds is 4. The molecule has 2 aromatic rings. The third-order valence-electron chi connectivity index (χ3n) is 4.07. The quantitative estimate of drug-likeness (QED) is 0.708. The molecule has 0 unspecified atom stereocenters. The first kappa shape index (κ1) is 16.3. The van der Waals surface area contributed by atoms with Crippen molar-refractivity contribution in [3.63, 3.8) is 0 Å². The van der Waals surface area contributed by atoms with E-state index in [1.54, 1.807) is 0 Å². The number of amides is 1. The summed E-state index contributed by atoms with van der Waals surface area (Å²) in [5, 5.41) is 2.88. The van der Waals surface area contributed by atoms with E-state index < -0.39 is 0 Å². The van der Waals surface area contributed by atoms with Gasteiger partial charge in [-0.1, -0.05) is 32.9 Å². The number of hydrogen-bond acceptors (Lipinski definition) is 3. The van der Waals surface area contributed by atoms with Crippen molar-refractivity contribution in [3.8, 4) is 5.75 Å². The topological polar surface area (TPSA) is 66.5 Å². The molecule has 5 nitrogen and oxygen atoms in total. The minimum atomic E-state index is -0.277. The predicted octanol–water partition coefficient (Wildman–Crippen LogP) is 3.16. The standard InChI is InChI=1S/C19H18IN3O2/c1-2-25-13-5-3-4-12(10-13)18-20-8-6-16(23-18)17-11-14-15(22-17)7-9-21-19(14)24/h3-6,8,10-11,22H,2,7,9H2,1H3,(H,21,24). The molecule has 1 amide bonds.